The first-order chi connectivity index (χ1) is 9.17. The summed E-state index contributed by atoms with van der Waals surface area (Å²) in [6, 6.07) is 8.89. The second-order valence-electron chi connectivity index (χ2n) is 5.29. The summed E-state index contributed by atoms with van der Waals surface area (Å²) in [5, 5.41) is 12.6. The highest BCUT2D eigenvalue weighted by molar-refractivity contribution is 5.25. The molecule has 1 aromatic carbocycles. The van der Waals surface area contributed by atoms with E-state index >= 15 is 0 Å². The molecule has 0 aliphatic heterocycles. The maximum absolute atomic E-state index is 9.12. The quantitative estimate of drug-likeness (QED) is 0.717. The van der Waals surface area contributed by atoms with Crippen molar-refractivity contribution >= 4 is 0 Å². The molecule has 0 saturated carbocycles. The monoisotopic (exact) mass is 264 g/mol. The van der Waals surface area contributed by atoms with Gasteiger partial charge in [0.1, 0.15) is 0 Å². The van der Waals surface area contributed by atoms with Crippen molar-refractivity contribution in [2.45, 2.75) is 39.3 Å². The van der Waals surface area contributed by atoms with E-state index in [0.717, 1.165) is 32.5 Å². The Morgan fingerprint density at radius 2 is 2.05 bits per heavy atom. The highest BCUT2D eigenvalue weighted by atomic mass is 16.3. The Kier molecular flexibility index (Phi) is 7.72. The molecule has 1 unspecified atom stereocenters. The first-order valence-electron chi connectivity index (χ1n) is 7.24. The zero-order valence-electron chi connectivity index (χ0n) is 12.5. The van der Waals surface area contributed by atoms with Gasteiger partial charge in [-0.3, -0.25) is 0 Å². The third-order valence-corrected chi connectivity index (χ3v) is 3.39. The molecule has 0 aliphatic carbocycles. The van der Waals surface area contributed by atoms with Crippen LogP contribution in [0.15, 0.2) is 24.3 Å². The summed E-state index contributed by atoms with van der Waals surface area (Å²) in [5.41, 5.74) is 2.72. The van der Waals surface area contributed by atoms with Gasteiger partial charge in [-0.2, -0.15) is 0 Å². The van der Waals surface area contributed by atoms with Gasteiger partial charge >= 0.3 is 0 Å². The summed E-state index contributed by atoms with van der Waals surface area (Å²) in [7, 11) is 2.14. The van der Waals surface area contributed by atoms with Crippen molar-refractivity contribution in [2.24, 2.45) is 0 Å². The molecule has 108 valence electrons. The molecule has 0 bridgehead atoms. The molecule has 0 heterocycles. The predicted molar refractivity (Wildman–Crippen MR) is 81.3 cm³/mol. The molecule has 3 nitrogen and oxygen atoms in total. The number of nitrogens with one attached hydrogen (secondary N) is 1. The number of aliphatic hydroxyl groups excluding tert-OH is 1. The molecule has 3 heteroatoms. The Bertz CT molecular complexity index is 354. The maximum atomic E-state index is 9.12. The number of aryl methyl sites for hydroxylation is 1. The van der Waals surface area contributed by atoms with Crippen LogP contribution >= 0.6 is 0 Å². The molecule has 0 fully saturated rings. The fraction of sp³-hybridized carbons (Fsp3) is 0.625. The van der Waals surface area contributed by atoms with E-state index in [4.69, 9.17) is 5.11 Å². The summed E-state index contributed by atoms with van der Waals surface area (Å²) in [4.78, 5) is 2.32. The van der Waals surface area contributed by atoms with E-state index in [1.807, 2.05) is 0 Å². The molecular formula is C16H28N2O. The van der Waals surface area contributed by atoms with E-state index in [0.29, 0.717) is 6.04 Å². The Labute approximate surface area is 117 Å². The highest BCUT2D eigenvalue weighted by Gasteiger charge is 2.11. The fourth-order valence-electron chi connectivity index (χ4n) is 2.28. The van der Waals surface area contributed by atoms with Crippen LogP contribution < -0.4 is 5.32 Å². The van der Waals surface area contributed by atoms with Crippen molar-refractivity contribution in [3.05, 3.63) is 35.4 Å². The lowest BCUT2D eigenvalue weighted by Crippen LogP contribution is -2.40. The molecule has 0 saturated heterocycles. The first-order valence-corrected chi connectivity index (χ1v) is 7.24. The molecule has 0 amide bonds. The normalized spacial score (nSPS) is 12.9. The standard InChI is InChI=1S/C16H28N2O/c1-4-10-17-16(9-11-19)13-18(3)12-15-8-6-5-7-14(15)2/h5-8,16-17,19H,4,9-13H2,1-3H3. The van der Waals surface area contributed by atoms with Crippen molar-refractivity contribution < 1.29 is 5.11 Å². The lowest BCUT2D eigenvalue weighted by Gasteiger charge is -2.25. The van der Waals surface area contributed by atoms with Crippen molar-refractivity contribution in [1.29, 1.82) is 0 Å². The van der Waals surface area contributed by atoms with Crippen LogP contribution in [0.4, 0.5) is 0 Å². The number of hydrogen-bond donors (Lipinski definition) is 2. The van der Waals surface area contributed by atoms with Crippen LogP contribution in [0.25, 0.3) is 0 Å². The zero-order valence-corrected chi connectivity index (χ0v) is 12.5. The molecule has 1 rings (SSSR count). The van der Waals surface area contributed by atoms with Crippen LogP contribution in [0.3, 0.4) is 0 Å². The molecule has 0 aromatic heterocycles. The molecule has 1 aromatic rings. The van der Waals surface area contributed by atoms with E-state index < -0.39 is 0 Å². The van der Waals surface area contributed by atoms with Crippen LogP contribution in [0, 0.1) is 6.92 Å². The number of nitrogens with zero attached hydrogens (tertiary/aromatic N) is 1. The molecular weight excluding hydrogens is 236 g/mol. The molecule has 19 heavy (non-hydrogen) atoms. The number of rotatable bonds is 9. The van der Waals surface area contributed by atoms with Crippen LogP contribution in [0.1, 0.15) is 30.9 Å². The summed E-state index contributed by atoms with van der Waals surface area (Å²) in [5.74, 6) is 0. The molecule has 0 radical (unpaired) electrons. The minimum Gasteiger partial charge on any atom is -0.396 e. The van der Waals surface area contributed by atoms with Gasteiger partial charge in [-0.05, 0) is 44.5 Å². The predicted octanol–water partition coefficient (Wildman–Crippen LogP) is 2.18. The van der Waals surface area contributed by atoms with Crippen LogP contribution in [-0.4, -0.2) is 42.8 Å². The molecule has 2 N–H and O–H groups in total. The van der Waals surface area contributed by atoms with E-state index in [-0.39, 0.29) is 6.61 Å². The van der Waals surface area contributed by atoms with Crippen LogP contribution in [0.2, 0.25) is 0 Å². The van der Waals surface area contributed by atoms with Gasteiger partial charge in [0.15, 0.2) is 0 Å². The minimum atomic E-state index is 0.250. The minimum absolute atomic E-state index is 0.250. The summed E-state index contributed by atoms with van der Waals surface area (Å²) in [6.07, 6.45) is 1.95. The van der Waals surface area contributed by atoms with Crippen molar-refractivity contribution in [3.8, 4) is 0 Å². The molecule has 0 aliphatic rings. The van der Waals surface area contributed by atoms with Gasteiger partial charge in [-0.25, -0.2) is 0 Å². The SMILES string of the molecule is CCCNC(CCO)CN(C)Cc1ccccc1C. The van der Waals surface area contributed by atoms with E-state index in [1.54, 1.807) is 0 Å². The highest BCUT2D eigenvalue weighted by Crippen LogP contribution is 2.10. The fourth-order valence-corrected chi connectivity index (χ4v) is 2.28. The average Bonchev–Trinajstić information content (AvgIpc) is 2.39. The molecule has 0 spiro atoms. The largest absolute Gasteiger partial charge is 0.396 e. The number of benzene rings is 1. The van der Waals surface area contributed by atoms with Crippen LogP contribution in [-0.2, 0) is 6.54 Å². The lowest BCUT2D eigenvalue weighted by atomic mass is 10.1. The third-order valence-electron chi connectivity index (χ3n) is 3.39. The lowest BCUT2D eigenvalue weighted by molar-refractivity contribution is 0.225. The summed E-state index contributed by atoms with van der Waals surface area (Å²) in [6.45, 7) is 7.52. The first kappa shape index (κ1) is 16.2. The smallest absolute Gasteiger partial charge is 0.0446 e. The van der Waals surface area contributed by atoms with Crippen LogP contribution in [0.5, 0.6) is 0 Å². The summed E-state index contributed by atoms with van der Waals surface area (Å²) < 4.78 is 0. The van der Waals surface area contributed by atoms with Gasteiger partial charge in [0.25, 0.3) is 0 Å². The Balaban J connectivity index is 2.47. The Hall–Kier alpha value is -0.900. The average molecular weight is 264 g/mol. The zero-order chi connectivity index (χ0) is 14.1. The van der Waals surface area contributed by atoms with Gasteiger partial charge in [0, 0.05) is 25.7 Å². The van der Waals surface area contributed by atoms with E-state index in [9.17, 15) is 0 Å². The Morgan fingerprint density at radius 3 is 2.68 bits per heavy atom. The number of hydrogen-bond acceptors (Lipinski definition) is 3. The molecule has 1 atom stereocenters. The van der Waals surface area contributed by atoms with E-state index in [1.165, 1.54) is 11.1 Å². The second-order valence-corrected chi connectivity index (χ2v) is 5.29. The van der Waals surface area contributed by atoms with Crippen molar-refractivity contribution in [2.75, 3.05) is 26.7 Å². The maximum Gasteiger partial charge on any atom is 0.0446 e. The number of likely N-dealkylation sites (N-methyl/N-ethyl adjacent to an activating group) is 1. The van der Waals surface area contributed by atoms with Gasteiger partial charge in [-0.15, -0.1) is 0 Å². The van der Waals surface area contributed by atoms with Gasteiger partial charge in [0.05, 0.1) is 0 Å². The topological polar surface area (TPSA) is 35.5 Å². The van der Waals surface area contributed by atoms with Crippen molar-refractivity contribution in [3.63, 3.8) is 0 Å². The number of aliphatic hydroxyl groups is 1. The van der Waals surface area contributed by atoms with Gasteiger partial charge in [-0.1, -0.05) is 31.2 Å². The van der Waals surface area contributed by atoms with Gasteiger partial charge < -0.3 is 15.3 Å². The third kappa shape index (κ3) is 6.19. The van der Waals surface area contributed by atoms with Crippen molar-refractivity contribution in [1.82, 2.24) is 10.2 Å². The van der Waals surface area contributed by atoms with E-state index in [2.05, 4.69) is 55.4 Å². The summed E-state index contributed by atoms with van der Waals surface area (Å²) >= 11 is 0. The second kappa shape index (κ2) is 9.08. The Morgan fingerprint density at radius 1 is 1.32 bits per heavy atom. The van der Waals surface area contributed by atoms with Gasteiger partial charge in [0.2, 0.25) is 0 Å².